The molecule has 3 aromatic rings. The summed E-state index contributed by atoms with van der Waals surface area (Å²) in [6.07, 6.45) is 0. The number of aromatic nitrogens is 2. The highest BCUT2D eigenvalue weighted by atomic mass is 32.2. The van der Waals surface area contributed by atoms with Crippen LogP contribution < -0.4 is 10.9 Å². The summed E-state index contributed by atoms with van der Waals surface area (Å²) in [5.41, 5.74) is 0.870. The number of aryl methyl sites for hydroxylation is 3. The van der Waals surface area contributed by atoms with Crippen molar-refractivity contribution in [3.05, 3.63) is 50.3 Å². The normalized spacial score (nSPS) is 13.7. The van der Waals surface area contributed by atoms with Gasteiger partial charge in [-0.1, -0.05) is 0 Å². The highest BCUT2D eigenvalue weighted by Gasteiger charge is 2.19. The van der Waals surface area contributed by atoms with Crippen LogP contribution >= 0.6 is 23.1 Å². The summed E-state index contributed by atoms with van der Waals surface area (Å²) in [7, 11) is 0. The van der Waals surface area contributed by atoms with E-state index in [1.807, 2.05) is 46.8 Å². The predicted molar refractivity (Wildman–Crippen MR) is 110 cm³/mol. The number of carbonyl (C=O) groups is 1. The second-order valence-electron chi connectivity index (χ2n) is 6.61. The molecule has 1 amide bonds. The lowest BCUT2D eigenvalue weighted by Crippen LogP contribution is -2.33. The number of amides is 1. The Balaban J connectivity index is 1.63. The largest absolute Gasteiger partial charge is 0.464 e. The molecule has 2 unspecified atom stereocenters. The molecule has 0 spiro atoms. The number of nitrogens with one attached hydrogen (secondary N) is 2. The average molecular weight is 406 g/mol. The third-order valence-corrected chi connectivity index (χ3v) is 6.73. The highest BCUT2D eigenvalue weighted by molar-refractivity contribution is 7.99. The first-order valence-corrected chi connectivity index (χ1v) is 10.6. The van der Waals surface area contributed by atoms with Gasteiger partial charge in [-0.25, -0.2) is 4.98 Å². The van der Waals surface area contributed by atoms with Crippen LogP contribution in [-0.2, 0) is 10.5 Å². The molecule has 144 valence electrons. The van der Waals surface area contributed by atoms with Gasteiger partial charge in [0.05, 0.1) is 22.4 Å². The molecule has 0 radical (unpaired) electrons. The molecule has 0 bridgehead atoms. The smallest absolute Gasteiger partial charge is 0.259 e. The van der Waals surface area contributed by atoms with Crippen LogP contribution in [0.4, 0.5) is 0 Å². The third-order valence-electron chi connectivity index (χ3n) is 4.47. The number of hydrogen-bond acceptors (Lipinski definition) is 6. The SMILES string of the molecule is Cc1ccc(C(C)NC(=O)C(C)SCc2nc3sc(C)c(C)c3c(=O)[nH]2)o1. The first kappa shape index (κ1) is 19.7. The number of hydrogen-bond donors (Lipinski definition) is 2. The lowest BCUT2D eigenvalue weighted by atomic mass is 10.2. The zero-order valence-corrected chi connectivity index (χ0v) is 17.6. The molecular weight excluding hydrogens is 382 g/mol. The molecule has 0 aliphatic carbocycles. The van der Waals surface area contributed by atoms with Crippen molar-refractivity contribution in [2.45, 2.75) is 51.7 Å². The molecule has 2 N–H and O–H groups in total. The van der Waals surface area contributed by atoms with E-state index in [-0.39, 0.29) is 22.8 Å². The fourth-order valence-electron chi connectivity index (χ4n) is 2.74. The van der Waals surface area contributed by atoms with Gasteiger partial charge in [-0.05, 0) is 52.3 Å². The van der Waals surface area contributed by atoms with E-state index in [0.29, 0.717) is 17.0 Å². The van der Waals surface area contributed by atoms with E-state index in [1.165, 1.54) is 23.1 Å². The monoisotopic (exact) mass is 405 g/mol. The number of fused-ring (bicyclic) bond motifs is 1. The highest BCUT2D eigenvalue weighted by Crippen LogP contribution is 2.26. The van der Waals surface area contributed by atoms with E-state index in [9.17, 15) is 9.59 Å². The lowest BCUT2D eigenvalue weighted by molar-refractivity contribution is -0.121. The molecule has 3 aromatic heterocycles. The number of aromatic amines is 1. The second-order valence-corrected chi connectivity index (χ2v) is 9.14. The topological polar surface area (TPSA) is 88.0 Å². The fraction of sp³-hybridized carbons (Fsp3) is 0.421. The van der Waals surface area contributed by atoms with Gasteiger partial charge in [0, 0.05) is 4.88 Å². The standard InChI is InChI=1S/C19H23N3O3S2/c1-9-6-7-14(25-9)11(3)20-17(23)13(5)26-8-15-21-18(24)16-10(2)12(4)27-19(16)22-15/h6-7,11,13H,8H2,1-5H3,(H,20,23)(H,21,22,24). The van der Waals surface area contributed by atoms with Gasteiger partial charge in [-0.2, -0.15) is 0 Å². The molecule has 3 rings (SSSR count). The summed E-state index contributed by atoms with van der Waals surface area (Å²) >= 11 is 2.96. The summed E-state index contributed by atoms with van der Waals surface area (Å²) < 4.78 is 5.55. The molecular formula is C19H23N3O3S2. The van der Waals surface area contributed by atoms with E-state index < -0.39 is 0 Å². The maximum Gasteiger partial charge on any atom is 0.259 e. The van der Waals surface area contributed by atoms with Crippen LogP contribution in [0, 0.1) is 20.8 Å². The molecule has 0 aliphatic heterocycles. The van der Waals surface area contributed by atoms with Crippen molar-refractivity contribution < 1.29 is 9.21 Å². The molecule has 27 heavy (non-hydrogen) atoms. The Bertz CT molecular complexity index is 1030. The van der Waals surface area contributed by atoms with Crippen LogP contribution in [0.3, 0.4) is 0 Å². The number of furan rings is 1. The minimum absolute atomic E-state index is 0.0761. The first-order valence-electron chi connectivity index (χ1n) is 8.73. The molecule has 8 heteroatoms. The van der Waals surface area contributed by atoms with E-state index in [0.717, 1.165) is 26.8 Å². The minimum atomic E-state index is -0.281. The van der Waals surface area contributed by atoms with Crippen LogP contribution in [-0.4, -0.2) is 21.1 Å². The number of H-pyrrole nitrogens is 1. The minimum Gasteiger partial charge on any atom is -0.464 e. The fourth-order valence-corrected chi connectivity index (χ4v) is 4.55. The second kappa shape index (κ2) is 7.90. The van der Waals surface area contributed by atoms with Gasteiger partial charge in [0.15, 0.2) is 0 Å². The zero-order chi connectivity index (χ0) is 19.7. The molecule has 6 nitrogen and oxygen atoms in total. The van der Waals surface area contributed by atoms with Crippen LogP contribution in [0.25, 0.3) is 10.2 Å². The van der Waals surface area contributed by atoms with Crippen molar-refractivity contribution >= 4 is 39.2 Å². The predicted octanol–water partition coefficient (Wildman–Crippen LogP) is 4.00. The summed E-state index contributed by atoms with van der Waals surface area (Å²) in [4.78, 5) is 34.0. The Kier molecular flexibility index (Phi) is 5.76. The number of thiophene rings is 1. The summed E-state index contributed by atoms with van der Waals surface area (Å²) in [6.45, 7) is 9.53. The molecule has 3 heterocycles. The summed E-state index contributed by atoms with van der Waals surface area (Å²) in [5, 5.41) is 3.34. The van der Waals surface area contributed by atoms with Crippen molar-refractivity contribution in [1.82, 2.24) is 15.3 Å². The van der Waals surface area contributed by atoms with Crippen molar-refractivity contribution in [2.75, 3.05) is 0 Å². The van der Waals surface area contributed by atoms with Gasteiger partial charge in [0.1, 0.15) is 22.2 Å². The molecule has 0 fully saturated rings. The Hall–Kier alpha value is -2.06. The van der Waals surface area contributed by atoms with Crippen LogP contribution in [0.1, 0.15) is 47.7 Å². The number of carbonyl (C=O) groups excluding carboxylic acids is 1. The Labute approximate surface area is 165 Å². The van der Waals surface area contributed by atoms with Gasteiger partial charge >= 0.3 is 0 Å². The van der Waals surface area contributed by atoms with Gasteiger partial charge in [0.25, 0.3) is 5.56 Å². The third kappa shape index (κ3) is 4.27. The van der Waals surface area contributed by atoms with Crippen LogP contribution in [0.5, 0.6) is 0 Å². The molecule has 0 aliphatic rings. The van der Waals surface area contributed by atoms with Crippen molar-refractivity contribution in [1.29, 1.82) is 0 Å². The van der Waals surface area contributed by atoms with Crippen molar-refractivity contribution in [2.24, 2.45) is 0 Å². The average Bonchev–Trinajstić information content (AvgIpc) is 3.16. The Morgan fingerprint density at radius 2 is 2.07 bits per heavy atom. The maximum absolute atomic E-state index is 12.4. The Morgan fingerprint density at radius 1 is 1.33 bits per heavy atom. The van der Waals surface area contributed by atoms with Crippen molar-refractivity contribution in [3.8, 4) is 0 Å². The lowest BCUT2D eigenvalue weighted by Gasteiger charge is -2.15. The van der Waals surface area contributed by atoms with Gasteiger partial charge < -0.3 is 14.7 Å². The van der Waals surface area contributed by atoms with E-state index in [4.69, 9.17) is 4.42 Å². The molecule has 0 aromatic carbocycles. The van der Waals surface area contributed by atoms with Crippen LogP contribution in [0.2, 0.25) is 0 Å². The van der Waals surface area contributed by atoms with Crippen molar-refractivity contribution in [3.63, 3.8) is 0 Å². The van der Waals surface area contributed by atoms with Gasteiger partial charge in [-0.3, -0.25) is 9.59 Å². The molecule has 0 saturated carbocycles. The number of thioether (sulfide) groups is 1. The first-order chi connectivity index (χ1) is 12.8. The molecule has 2 atom stereocenters. The van der Waals surface area contributed by atoms with Crippen LogP contribution in [0.15, 0.2) is 21.3 Å². The molecule has 0 saturated heterocycles. The van der Waals surface area contributed by atoms with E-state index in [2.05, 4.69) is 15.3 Å². The van der Waals surface area contributed by atoms with Gasteiger partial charge in [0.2, 0.25) is 5.91 Å². The van der Waals surface area contributed by atoms with E-state index in [1.54, 1.807) is 0 Å². The number of nitrogens with zero attached hydrogens (tertiary/aromatic N) is 1. The van der Waals surface area contributed by atoms with Gasteiger partial charge in [-0.15, -0.1) is 23.1 Å². The quantitative estimate of drug-likeness (QED) is 0.647. The maximum atomic E-state index is 12.4. The summed E-state index contributed by atoms with van der Waals surface area (Å²) in [5.74, 6) is 2.53. The van der Waals surface area contributed by atoms with E-state index >= 15 is 0 Å². The zero-order valence-electron chi connectivity index (χ0n) is 16.0. The Morgan fingerprint density at radius 3 is 2.74 bits per heavy atom. The number of rotatable bonds is 6. The summed E-state index contributed by atoms with van der Waals surface area (Å²) in [6, 6.07) is 3.55.